The third-order valence-electron chi connectivity index (χ3n) is 4.56. The molecule has 2 aliphatic rings. The van der Waals surface area contributed by atoms with Gasteiger partial charge in [0.2, 0.25) is 0 Å². The fourth-order valence-electron chi connectivity index (χ4n) is 3.45. The van der Waals surface area contributed by atoms with Crippen molar-refractivity contribution in [3.05, 3.63) is 0 Å². The van der Waals surface area contributed by atoms with E-state index in [2.05, 4.69) is 31.0 Å². The van der Waals surface area contributed by atoms with Gasteiger partial charge in [0.15, 0.2) is 0 Å². The molecule has 16 heavy (non-hydrogen) atoms. The Morgan fingerprint density at radius 1 is 1.06 bits per heavy atom. The van der Waals surface area contributed by atoms with E-state index in [9.17, 15) is 0 Å². The van der Waals surface area contributed by atoms with Gasteiger partial charge in [-0.1, -0.05) is 13.3 Å². The SMILES string of the molecule is CC1CCNC(CN2[C@H](C)CCC[C@@H]2C)C1. The fourth-order valence-corrected chi connectivity index (χ4v) is 3.45. The lowest BCUT2D eigenvalue weighted by Crippen LogP contribution is -2.52. The van der Waals surface area contributed by atoms with Crippen molar-refractivity contribution in [2.24, 2.45) is 5.92 Å². The minimum atomic E-state index is 0.742. The van der Waals surface area contributed by atoms with Crippen LogP contribution in [0, 0.1) is 5.92 Å². The molecule has 0 spiro atoms. The lowest BCUT2D eigenvalue weighted by atomic mass is 9.91. The van der Waals surface area contributed by atoms with Gasteiger partial charge >= 0.3 is 0 Å². The van der Waals surface area contributed by atoms with Gasteiger partial charge in [-0.2, -0.15) is 0 Å². The first-order valence-corrected chi connectivity index (χ1v) is 7.16. The Morgan fingerprint density at radius 3 is 2.38 bits per heavy atom. The molecule has 94 valence electrons. The monoisotopic (exact) mass is 224 g/mol. The molecule has 0 aromatic carbocycles. The number of piperidine rings is 2. The molecule has 0 amide bonds. The van der Waals surface area contributed by atoms with Crippen LogP contribution < -0.4 is 5.32 Å². The summed E-state index contributed by atoms with van der Waals surface area (Å²) >= 11 is 0. The number of hydrogen-bond acceptors (Lipinski definition) is 2. The van der Waals surface area contributed by atoms with Gasteiger partial charge in [-0.3, -0.25) is 4.90 Å². The van der Waals surface area contributed by atoms with Gasteiger partial charge in [-0.15, -0.1) is 0 Å². The van der Waals surface area contributed by atoms with Crippen molar-refractivity contribution in [3.63, 3.8) is 0 Å². The van der Waals surface area contributed by atoms with Crippen LogP contribution in [0.3, 0.4) is 0 Å². The summed E-state index contributed by atoms with van der Waals surface area (Å²) < 4.78 is 0. The standard InChI is InChI=1S/C14H28N2/c1-11-7-8-15-14(9-11)10-16-12(2)5-4-6-13(16)3/h11-15H,4-10H2,1-3H3/t11?,12-,13+,14?. The van der Waals surface area contributed by atoms with Crippen molar-refractivity contribution in [1.29, 1.82) is 0 Å². The topological polar surface area (TPSA) is 15.3 Å². The van der Waals surface area contributed by atoms with Gasteiger partial charge < -0.3 is 5.32 Å². The fraction of sp³-hybridized carbons (Fsp3) is 1.00. The molecule has 2 aliphatic heterocycles. The molecule has 0 saturated carbocycles. The van der Waals surface area contributed by atoms with Crippen molar-refractivity contribution < 1.29 is 0 Å². The Balaban J connectivity index is 1.86. The highest BCUT2D eigenvalue weighted by molar-refractivity contribution is 4.85. The van der Waals surface area contributed by atoms with E-state index in [-0.39, 0.29) is 0 Å². The summed E-state index contributed by atoms with van der Waals surface area (Å²) in [6.07, 6.45) is 6.95. The zero-order chi connectivity index (χ0) is 11.5. The third-order valence-corrected chi connectivity index (χ3v) is 4.56. The average Bonchev–Trinajstić information content (AvgIpc) is 2.24. The molecule has 0 bridgehead atoms. The molecule has 2 heterocycles. The molecule has 0 aromatic heterocycles. The molecule has 4 atom stereocenters. The van der Waals surface area contributed by atoms with E-state index in [1.165, 1.54) is 45.2 Å². The first-order chi connectivity index (χ1) is 7.66. The zero-order valence-electron chi connectivity index (χ0n) is 11.2. The van der Waals surface area contributed by atoms with E-state index >= 15 is 0 Å². The Bertz CT molecular complexity index is 207. The zero-order valence-corrected chi connectivity index (χ0v) is 11.2. The molecule has 2 saturated heterocycles. The first-order valence-electron chi connectivity index (χ1n) is 7.16. The van der Waals surface area contributed by atoms with Crippen LogP contribution in [0.4, 0.5) is 0 Å². The van der Waals surface area contributed by atoms with Crippen molar-refractivity contribution in [2.75, 3.05) is 13.1 Å². The number of rotatable bonds is 2. The molecule has 2 unspecified atom stereocenters. The summed E-state index contributed by atoms with van der Waals surface area (Å²) in [5.74, 6) is 0.918. The van der Waals surface area contributed by atoms with Gasteiger partial charge in [0.05, 0.1) is 0 Å². The van der Waals surface area contributed by atoms with Crippen molar-refractivity contribution in [1.82, 2.24) is 10.2 Å². The molecule has 2 rings (SSSR count). The van der Waals surface area contributed by atoms with Crippen LogP contribution in [0.1, 0.15) is 52.9 Å². The van der Waals surface area contributed by atoms with Crippen LogP contribution in [0.15, 0.2) is 0 Å². The van der Waals surface area contributed by atoms with Crippen LogP contribution in [0.2, 0.25) is 0 Å². The largest absolute Gasteiger partial charge is 0.313 e. The number of hydrogen-bond donors (Lipinski definition) is 1. The second kappa shape index (κ2) is 5.50. The second-order valence-electron chi connectivity index (χ2n) is 6.11. The summed E-state index contributed by atoms with van der Waals surface area (Å²) in [4.78, 5) is 2.74. The third kappa shape index (κ3) is 2.98. The van der Waals surface area contributed by atoms with E-state index in [0.29, 0.717) is 0 Å². The van der Waals surface area contributed by atoms with Crippen LogP contribution >= 0.6 is 0 Å². The van der Waals surface area contributed by atoms with Crippen molar-refractivity contribution >= 4 is 0 Å². The maximum absolute atomic E-state index is 3.70. The summed E-state index contributed by atoms with van der Waals surface area (Å²) in [6, 6.07) is 2.33. The summed E-state index contributed by atoms with van der Waals surface area (Å²) in [6.45, 7) is 9.70. The number of nitrogens with one attached hydrogen (secondary N) is 1. The average molecular weight is 224 g/mol. The summed E-state index contributed by atoms with van der Waals surface area (Å²) in [7, 11) is 0. The van der Waals surface area contributed by atoms with E-state index in [4.69, 9.17) is 0 Å². The van der Waals surface area contributed by atoms with Gasteiger partial charge in [-0.25, -0.2) is 0 Å². The Kier molecular flexibility index (Phi) is 4.26. The lowest BCUT2D eigenvalue weighted by molar-refractivity contribution is 0.0823. The van der Waals surface area contributed by atoms with Crippen molar-refractivity contribution in [2.45, 2.75) is 71.0 Å². The van der Waals surface area contributed by atoms with Gasteiger partial charge in [-0.05, 0) is 52.0 Å². The van der Waals surface area contributed by atoms with Crippen molar-refractivity contribution in [3.8, 4) is 0 Å². The molecule has 2 nitrogen and oxygen atoms in total. The summed E-state index contributed by atoms with van der Waals surface area (Å²) in [5.41, 5.74) is 0. The van der Waals surface area contributed by atoms with E-state index < -0.39 is 0 Å². The molecule has 0 radical (unpaired) electrons. The minimum Gasteiger partial charge on any atom is -0.313 e. The Labute approximate surface area is 101 Å². The van der Waals surface area contributed by atoms with Crippen LogP contribution in [-0.2, 0) is 0 Å². The lowest BCUT2D eigenvalue weighted by Gasteiger charge is -2.42. The Morgan fingerprint density at radius 2 is 1.75 bits per heavy atom. The minimum absolute atomic E-state index is 0.742. The highest BCUT2D eigenvalue weighted by atomic mass is 15.2. The molecular formula is C14H28N2. The Hall–Kier alpha value is -0.0800. The highest BCUT2D eigenvalue weighted by Gasteiger charge is 2.28. The maximum Gasteiger partial charge on any atom is 0.0197 e. The quantitative estimate of drug-likeness (QED) is 0.776. The van der Waals surface area contributed by atoms with E-state index in [0.717, 1.165) is 24.0 Å². The predicted octanol–water partition coefficient (Wildman–Crippen LogP) is 2.64. The maximum atomic E-state index is 3.70. The number of nitrogens with zero attached hydrogens (tertiary/aromatic N) is 1. The molecule has 1 N–H and O–H groups in total. The predicted molar refractivity (Wildman–Crippen MR) is 69.7 cm³/mol. The smallest absolute Gasteiger partial charge is 0.0197 e. The summed E-state index contributed by atoms with van der Waals surface area (Å²) in [5, 5.41) is 3.70. The van der Waals surface area contributed by atoms with Crippen LogP contribution in [0.25, 0.3) is 0 Å². The number of likely N-dealkylation sites (tertiary alicyclic amines) is 1. The van der Waals surface area contributed by atoms with Gasteiger partial charge in [0.25, 0.3) is 0 Å². The highest BCUT2D eigenvalue weighted by Crippen LogP contribution is 2.24. The normalized spacial score (nSPS) is 42.2. The second-order valence-corrected chi connectivity index (χ2v) is 6.11. The van der Waals surface area contributed by atoms with Crippen LogP contribution in [-0.4, -0.2) is 36.1 Å². The molecule has 2 heteroatoms. The molecule has 0 aliphatic carbocycles. The van der Waals surface area contributed by atoms with E-state index in [1.807, 2.05) is 0 Å². The van der Waals surface area contributed by atoms with Gasteiger partial charge in [0, 0.05) is 24.7 Å². The molecule has 0 aromatic rings. The van der Waals surface area contributed by atoms with E-state index in [1.54, 1.807) is 0 Å². The van der Waals surface area contributed by atoms with Gasteiger partial charge in [0.1, 0.15) is 0 Å². The first kappa shape index (κ1) is 12.4. The molecule has 2 fully saturated rings. The molecular weight excluding hydrogens is 196 g/mol. The van der Waals surface area contributed by atoms with Crippen LogP contribution in [0.5, 0.6) is 0 Å².